The third-order valence-corrected chi connectivity index (χ3v) is 18.8. The van der Waals surface area contributed by atoms with Crippen molar-refractivity contribution in [3.8, 4) is 23.3 Å². The van der Waals surface area contributed by atoms with Crippen molar-refractivity contribution >= 4 is 23.4 Å². The molecular weight excluding hydrogens is 935 g/mol. The molecule has 5 aliphatic carbocycles. The Labute approximate surface area is 435 Å². The number of ether oxygens (including phenoxy) is 3. The summed E-state index contributed by atoms with van der Waals surface area (Å²) in [6, 6.07) is 15.4. The summed E-state index contributed by atoms with van der Waals surface area (Å²) in [6.45, 7) is 1.95. The molecule has 6 N–H and O–H groups in total. The Morgan fingerprint density at radius 2 is 1.70 bits per heavy atom. The van der Waals surface area contributed by atoms with Crippen LogP contribution in [0, 0.1) is 53.3 Å². The van der Waals surface area contributed by atoms with Crippen LogP contribution in [0.25, 0.3) is 0 Å². The number of hydrogen-bond donors (Lipinski definition) is 6. The summed E-state index contributed by atoms with van der Waals surface area (Å²) in [5.41, 5.74) is 2.77. The number of hydrogen-bond acceptors (Lipinski definition) is 12. The summed E-state index contributed by atoms with van der Waals surface area (Å²) in [5.74, 6) is 3.48. The highest BCUT2D eigenvalue weighted by atomic mass is 16.6. The molecule has 0 amide bonds. The lowest BCUT2D eigenvalue weighted by Gasteiger charge is -2.66. The third-order valence-electron chi connectivity index (χ3n) is 18.8. The number of methoxy groups -OCH3 is 1. The lowest BCUT2D eigenvalue weighted by molar-refractivity contribution is -0.256. The zero-order valence-corrected chi connectivity index (χ0v) is 42.9. The smallest absolute Gasteiger partial charge is 0.334 e. The molecule has 13 atom stereocenters. The van der Waals surface area contributed by atoms with Crippen LogP contribution in [0.2, 0.25) is 0 Å². The van der Waals surface area contributed by atoms with Crippen molar-refractivity contribution in [3.63, 3.8) is 0 Å². The molecular formula is C62H73NO11. The van der Waals surface area contributed by atoms with Gasteiger partial charge in [0.2, 0.25) is 0 Å². The fourth-order valence-electron chi connectivity index (χ4n) is 15.4. The number of fused-ring (bicyclic) bond motifs is 10. The van der Waals surface area contributed by atoms with Gasteiger partial charge in [-0.05, 0) is 152 Å². The number of allylic oxidation sites excluding steroid dienone is 2. The number of phenolic OH excluding ortho intramolecular Hbond substituents is 1. The maximum absolute atomic E-state index is 15.8. The molecule has 12 nitrogen and oxygen atoms in total. The number of esters is 2. The van der Waals surface area contributed by atoms with E-state index in [2.05, 4.69) is 41.4 Å². The van der Waals surface area contributed by atoms with Gasteiger partial charge in [0.05, 0.1) is 30.7 Å². The van der Waals surface area contributed by atoms with Crippen molar-refractivity contribution in [3.05, 3.63) is 111 Å². The van der Waals surface area contributed by atoms with E-state index in [1.165, 1.54) is 0 Å². The Balaban J connectivity index is 1.13. The lowest BCUT2D eigenvalue weighted by atomic mass is 9.40. The first-order valence-electron chi connectivity index (χ1n) is 27.6. The van der Waals surface area contributed by atoms with Crippen molar-refractivity contribution in [2.45, 2.75) is 157 Å². The molecule has 3 aliphatic heterocycles. The van der Waals surface area contributed by atoms with E-state index in [1.807, 2.05) is 30.3 Å². The number of carbonyl (C=O) groups excluding carboxylic acids is 3. The number of rotatable bonds is 9. The second kappa shape index (κ2) is 20.7. The number of benzene rings is 3. The van der Waals surface area contributed by atoms with Gasteiger partial charge in [-0.3, -0.25) is 9.59 Å². The van der Waals surface area contributed by atoms with E-state index in [9.17, 15) is 35.1 Å². The molecule has 0 spiro atoms. The Kier molecular flexibility index (Phi) is 14.2. The van der Waals surface area contributed by atoms with Gasteiger partial charge >= 0.3 is 11.9 Å². The summed E-state index contributed by atoms with van der Waals surface area (Å²) in [7, 11) is 1.58. The zero-order chi connectivity index (χ0) is 51.5. The highest BCUT2D eigenvalue weighted by Crippen LogP contribution is 2.65. The van der Waals surface area contributed by atoms with Crippen molar-refractivity contribution in [2.75, 3.05) is 25.6 Å². The molecule has 3 aromatic rings. The molecule has 12 heteroatoms. The summed E-state index contributed by atoms with van der Waals surface area (Å²) in [6.07, 6.45) is 12.6. The van der Waals surface area contributed by atoms with Gasteiger partial charge in [0.1, 0.15) is 29.0 Å². The molecule has 4 saturated carbocycles. The monoisotopic (exact) mass is 1010 g/mol. The topological polar surface area (TPSA) is 192 Å². The van der Waals surface area contributed by atoms with Gasteiger partial charge in [-0.25, -0.2) is 4.79 Å². The minimum atomic E-state index is -1.64. The SMILES string of the molecule is COCC[C@@](C)(O)CNc1cc(CO)cc([C@@H]2C#C[C@H]3CC(=O)Oc4c3cc(c(O)c4C3CCCCC3)C[C@H]3OC(=O)/C(=C\[C@H](O)Cc4cccc(c4)C[C@H]4C(=O)C[C@H]5CC[C@@H]6[C@@H]7C=CCC[C@@H]7[C@]3(O)[C@H]5[C@@H]64)C2)c1. The van der Waals surface area contributed by atoms with Crippen molar-refractivity contribution < 1.29 is 54.1 Å². The molecule has 0 aromatic heterocycles. The number of phenols is 1. The molecule has 0 unspecified atom stereocenters. The molecule has 4 fully saturated rings. The maximum Gasteiger partial charge on any atom is 0.334 e. The van der Waals surface area contributed by atoms with Crippen LogP contribution in [0.15, 0.2) is 72.3 Å². The van der Waals surface area contributed by atoms with E-state index >= 15 is 4.79 Å². The number of nitrogens with one attached hydrogen (secondary N) is 1. The lowest BCUT2D eigenvalue weighted by Crippen LogP contribution is -2.71. The van der Waals surface area contributed by atoms with E-state index < -0.39 is 47.2 Å². The molecule has 74 heavy (non-hydrogen) atoms. The first-order valence-corrected chi connectivity index (χ1v) is 27.6. The summed E-state index contributed by atoms with van der Waals surface area (Å²) < 4.78 is 18.5. The number of carbonyl (C=O) groups is 3. The maximum atomic E-state index is 15.8. The standard InChI is InChI=1S/C62H73NO11/c1-61(70,19-20-72-2)34-63-45-23-37(33-64)22-42(27-45)39-15-16-40-32-54(67)74-59-49(40)29-43(58(68)55(59)38-11-4-3-5-12-38)31-53-62(71)51-14-7-6-13-47(51)48-18-17-41-30-52(66)50(56(48)57(41)62)25-36-10-8-9-35(21-36)24-46(65)28-44(26-39)60(69)73-53/h6,8-10,13,21-23,27-29,38-41,46-48,50-51,53,56-57,63-65,68,70-71H,3-5,7,11-12,14,17-20,24-26,30-34H2,1-2H3/b44-28-/t39-,40+,41-,46-,47+,48-,50+,51+,53-,56+,57-,61-,62-/m1/s1. The zero-order valence-electron chi connectivity index (χ0n) is 42.9. The molecule has 8 aliphatic rings. The number of aliphatic hydroxyl groups excluding tert-OH is 2. The van der Waals surface area contributed by atoms with Crippen LogP contribution in [-0.4, -0.2) is 86.9 Å². The van der Waals surface area contributed by atoms with E-state index in [4.69, 9.17) is 14.2 Å². The fourth-order valence-corrected chi connectivity index (χ4v) is 15.4. The minimum absolute atomic E-state index is 0.0153. The van der Waals surface area contributed by atoms with Crippen LogP contribution >= 0.6 is 0 Å². The minimum Gasteiger partial charge on any atom is -0.507 e. The molecule has 0 saturated heterocycles. The predicted octanol–water partition coefficient (Wildman–Crippen LogP) is 8.43. The number of Topliss-reactive ketones (excluding diaryl/α,β-unsaturated/α-hetero) is 1. The molecule has 11 rings (SSSR count). The average Bonchev–Trinajstić information content (AvgIpc) is 3.40. The average molecular weight is 1010 g/mol. The number of aliphatic hydroxyl groups is 4. The summed E-state index contributed by atoms with van der Waals surface area (Å²) >= 11 is 0. The van der Waals surface area contributed by atoms with E-state index in [1.54, 1.807) is 26.2 Å². The molecule has 12 bridgehead atoms. The van der Waals surface area contributed by atoms with Crippen LogP contribution < -0.4 is 10.1 Å². The highest BCUT2D eigenvalue weighted by Gasteiger charge is 2.68. The van der Waals surface area contributed by atoms with Crippen LogP contribution in [0.4, 0.5) is 5.69 Å². The van der Waals surface area contributed by atoms with E-state index in [0.29, 0.717) is 71.5 Å². The number of anilines is 1. The Hall–Kier alpha value is -5.29. The Bertz CT molecular complexity index is 2800. The van der Waals surface area contributed by atoms with E-state index in [-0.39, 0.29) is 103 Å². The summed E-state index contributed by atoms with van der Waals surface area (Å²) in [4.78, 5) is 44.3. The van der Waals surface area contributed by atoms with Crippen molar-refractivity contribution in [1.82, 2.24) is 0 Å². The normalized spacial score (nSPS) is 34.1. The largest absolute Gasteiger partial charge is 0.507 e. The van der Waals surface area contributed by atoms with Crippen LogP contribution in [0.5, 0.6) is 11.5 Å². The predicted molar refractivity (Wildman–Crippen MR) is 278 cm³/mol. The van der Waals surface area contributed by atoms with E-state index in [0.717, 1.165) is 62.5 Å². The van der Waals surface area contributed by atoms with Gasteiger partial charge < -0.3 is 45.1 Å². The first kappa shape index (κ1) is 50.8. The van der Waals surface area contributed by atoms with Gasteiger partial charge in [0.15, 0.2) is 0 Å². The summed E-state index contributed by atoms with van der Waals surface area (Å²) in [5, 5.41) is 64.8. The van der Waals surface area contributed by atoms with Gasteiger partial charge in [-0.2, -0.15) is 0 Å². The Morgan fingerprint density at radius 3 is 2.50 bits per heavy atom. The Morgan fingerprint density at radius 1 is 0.905 bits per heavy atom. The van der Waals surface area contributed by atoms with Gasteiger partial charge in [0.25, 0.3) is 0 Å². The van der Waals surface area contributed by atoms with Crippen molar-refractivity contribution in [2.24, 2.45) is 41.4 Å². The number of aromatic hydroxyl groups is 1. The second-order valence-corrected chi connectivity index (χ2v) is 23.6. The first-order chi connectivity index (χ1) is 35.7. The van der Waals surface area contributed by atoms with Crippen LogP contribution in [0.3, 0.4) is 0 Å². The third kappa shape index (κ3) is 9.66. The molecule has 392 valence electrons. The number of ketones is 1. The van der Waals surface area contributed by atoms with Crippen molar-refractivity contribution in [1.29, 1.82) is 0 Å². The molecule has 3 heterocycles. The second-order valence-electron chi connectivity index (χ2n) is 23.6. The van der Waals surface area contributed by atoms with Gasteiger partial charge in [0, 0.05) is 80.2 Å². The fraction of sp³-hybridized carbons (Fsp3) is 0.565. The quantitative estimate of drug-likeness (QED) is 0.0520. The van der Waals surface area contributed by atoms with Gasteiger partial charge in [-0.15, -0.1) is 0 Å². The highest BCUT2D eigenvalue weighted by molar-refractivity contribution is 5.89. The molecule has 0 radical (unpaired) electrons. The van der Waals surface area contributed by atoms with Gasteiger partial charge in [-0.1, -0.05) is 73.6 Å². The van der Waals surface area contributed by atoms with Crippen LogP contribution in [0.1, 0.15) is 147 Å². The molecule has 3 aromatic carbocycles. The van der Waals surface area contributed by atoms with Crippen LogP contribution in [-0.2, 0) is 49.7 Å².